The van der Waals surface area contributed by atoms with Crippen molar-refractivity contribution in [3.63, 3.8) is 0 Å². The van der Waals surface area contributed by atoms with Crippen LogP contribution in [-0.2, 0) is 10.0 Å². The zero-order chi connectivity index (χ0) is 13.0. The summed E-state index contributed by atoms with van der Waals surface area (Å²) in [7, 11) is -2.17. The Morgan fingerprint density at radius 1 is 1.11 bits per heavy atom. The van der Waals surface area contributed by atoms with Crippen LogP contribution < -0.4 is 9.46 Å². The Kier molecular flexibility index (Phi) is 3.42. The maximum absolute atomic E-state index is 11.9. The largest absolute Gasteiger partial charge is 0.494 e. The van der Waals surface area contributed by atoms with Gasteiger partial charge in [-0.3, -0.25) is 0 Å². The van der Waals surface area contributed by atoms with E-state index in [2.05, 4.69) is 14.7 Å². The second kappa shape index (κ2) is 5.01. The summed E-state index contributed by atoms with van der Waals surface area (Å²) < 4.78 is 31.0. The molecule has 2 rings (SSSR count). The number of hydrogen-bond donors (Lipinski definition) is 1. The molecular weight excluding hydrogens is 254 g/mol. The van der Waals surface area contributed by atoms with Crippen molar-refractivity contribution >= 4 is 16.0 Å². The van der Waals surface area contributed by atoms with Gasteiger partial charge in [-0.25, -0.2) is 23.1 Å². The number of nitrogens with zero attached hydrogens (tertiary/aromatic N) is 2. The van der Waals surface area contributed by atoms with Crippen molar-refractivity contribution in [1.29, 1.82) is 0 Å². The van der Waals surface area contributed by atoms with Crippen molar-refractivity contribution in [1.82, 2.24) is 9.97 Å². The van der Waals surface area contributed by atoms with Crippen molar-refractivity contribution < 1.29 is 13.2 Å². The monoisotopic (exact) mass is 265 g/mol. The van der Waals surface area contributed by atoms with Gasteiger partial charge in [0.25, 0.3) is 10.0 Å². The quantitative estimate of drug-likeness (QED) is 0.900. The molecule has 1 aromatic carbocycles. The van der Waals surface area contributed by atoms with Crippen molar-refractivity contribution in [2.75, 3.05) is 11.8 Å². The second-order valence-corrected chi connectivity index (χ2v) is 5.05. The lowest BCUT2D eigenvalue weighted by Gasteiger charge is -2.06. The standard InChI is InChI=1S/C11H11N3O3S/c1-17-9-7-12-11(13-8-9)14-18(15,16)10-5-3-2-4-6-10/h2-8H,1H3,(H,12,13,14). The van der Waals surface area contributed by atoms with Crippen LogP contribution in [0.25, 0.3) is 0 Å². The third-order valence-electron chi connectivity index (χ3n) is 2.14. The minimum absolute atomic E-state index is 0.000321. The molecule has 0 aliphatic heterocycles. The number of hydrogen-bond acceptors (Lipinski definition) is 5. The van der Waals surface area contributed by atoms with Gasteiger partial charge in [0.05, 0.1) is 24.4 Å². The molecule has 0 fully saturated rings. The summed E-state index contributed by atoms with van der Waals surface area (Å²) in [5.41, 5.74) is 0. The minimum Gasteiger partial charge on any atom is -0.494 e. The SMILES string of the molecule is COc1cnc(NS(=O)(=O)c2ccccc2)nc1. The smallest absolute Gasteiger partial charge is 0.264 e. The van der Waals surface area contributed by atoms with E-state index in [-0.39, 0.29) is 10.8 Å². The van der Waals surface area contributed by atoms with Crippen LogP contribution in [0.3, 0.4) is 0 Å². The van der Waals surface area contributed by atoms with Gasteiger partial charge in [0, 0.05) is 0 Å². The number of anilines is 1. The van der Waals surface area contributed by atoms with Gasteiger partial charge in [-0.2, -0.15) is 0 Å². The molecule has 0 aliphatic rings. The molecule has 0 amide bonds. The van der Waals surface area contributed by atoms with Crippen molar-refractivity contribution in [2.24, 2.45) is 0 Å². The summed E-state index contributed by atoms with van der Waals surface area (Å²) in [6, 6.07) is 8.01. The highest BCUT2D eigenvalue weighted by Gasteiger charge is 2.14. The number of ether oxygens (including phenoxy) is 1. The summed E-state index contributed by atoms with van der Waals surface area (Å²) in [4.78, 5) is 7.82. The van der Waals surface area contributed by atoms with Crippen LogP contribution in [0, 0.1) is 0 Å². The maximum atomic E-state index is 11.9. The summed E-state index contributed by atoms with van der Waals surface area (Å²) >= 11 is 0. The van der Waals surface area contributed by atoms with Crippen LogP contribution in [0.15, 0.2) is 47.6 Å². The lowest BCUT2D eigenvalue weighted by atomic mass is 10.4. The topological polar surface area (TPSA) is 81.2 Å². The van der Waals surface area contributed by atoms with E-state index in [1.807, 2.05) is 0 Å². The van der Waals surface area contributed by atoms with Gasteiger partial charge in [-0.15, -0.1) is 0 Å². The minimum atomic E-state index is -3.65. The lowest BCUT2D eigenvalue weighted by Crippen LogP contribution is -2.14. The highest BCUT2D eigenvalue weighted by Crippen LogP contribution is 2.13. The molecule has 18 heavy (non-hydrogen) atoms. The van der Waals surface area contributed by atoms with Crippen LogP contribution in [-0.4, -0.2) is 25.5 Å². The molecule has 0 saturated carbocycles. The van der Waals surface area contributed by atoms with Crippen LogP contribution >= 0.6 is 0 Å². The first-order valence-corrected chi connectivity index (χ1v) is 6.54. The average Bonchev–Trinajstić information content (AvgIpc) is 2.40. The van der Waals surface area contributed by atoms with E-state index in [9.17, 15) is 8.42 Å². The highest BCUT2D eigenvalue weighted by atomic mass is 32.2. The lowest BCUT2D eigenvalue weighted by molar-refractivity contribution is 0.411. The molecule has 2 aromatic rings. The van der Waals surface area contributed by atoms with E-state index in [4.69, 9.17) is 4.74 Å². The fourth-order valence-electron chi connectivity index (χ4n) is 1.25. The number of nitrogens with one attached hydrogen (secondary N) is 1. The van der Waals surface area contributed by atoms with Gasteiger partial charge in [0.15, 0.2) is 5.75 Å². The maximum Gasteiger partial charge on any atom is 0.264 e. The molecule has 7 heteroatoms. The van der Waals surface area contributed by atoms with Crippen LogP contribution in [0.4, 0.5) is 5.95 Å². The summed E-state index contributed by atoms with van der Waals surface area (Å²) in [6.07, 6.45) is 2.77. The fourth-order valence-corrected chi connectivity index (χ4v) is 2.23. The summed E-state index contributed by atoms with van der Waals surface area (Å²) in [5, 5.41) is 0. The van der Waals surface area contributed by atoms with E-state index in [1.54, 1.807) is 18.2 Å². The number of aromatic nitrogens is 2. The van der Waals surface area contributed by atoms with Gasteiger partial charge in [0.1, 0.15) is 0 Å². The number of rotatable bonds is 4. The van der Waals surface area contributed by atoms with E-state index in [1.165, 1.54) is 31.6 Å². The molecule has 0 aliphatic carbocycles. The predicted octanol–water partition coefficient (Wildman–Crippen LogP) is 1.29. The Morgan fingerprint density at radius 3 is 2.28 bits per heavy atom. The number of benzene rings is 1. The molecular formula is C11H11N3O3S. The van der Waals surface area contributed by atoms with Gasteiger partial charge in [0.2, 0.25) is 5.95 Å². The summed E-state index contributed by atoms with van der Waals surface area (Å²) in [6.45, 7) is 0. The third-order valence-corrected chi connectivity index (χ3v) is 3.49. The Balaban J connectivity index is 2.22. The Morgan fingerprint density at radius 2 is 1.72 bits per heavy atom. The molecule has 0 radical (unpaired) electrons. The average molecular weight is 265 g/mol. The van der Waals surface area contributed by atoms with Gasteiger partial charge in [-0.05, 0) is 12.1 Å². The zero-order valence-corrected chi connectivity index (χ0v) is 10.4. The van der Waals surface area contributed by atoms with Crippen LogP contribution in [0.1, 0.15) is 0 Å². The highest BCUT2D eigenvalue weighted by molar-refractivity contribution is 7.92. The van der Waals surface area contributed by atoms with Crippen molar-refractivity contribution in [2.45, 2.75) is 4.90 Å². The Hall–Kier alpha value is -2.15. The molecule has 0 saturated heterocycles. The molecule has 94 valence electrons. The predicted molar refractivity (Wildman–Crippen MR) is 65.8 cm³/mol. The first kappa shape index (κ1) is 12.3. The normalized spacial score (nSPS) is 10.9. The molecule has 6 nitrogen and oxygen atoms in total. The first-order chi connectivity index (χ1) is 8.62. The van der Waals surface area contributed by atoms with E-state index in [0.717, 1.165) is 0 Å². The van der Waals surface area contributed by atoms with Gasteiger partial charge >= 0.3 is 0 Å². The molecule has 1 N–H and O–H groups in total. The number of methoxy groups -OCH3 is 1. The van der Waals surface area contributed by atoms with E-state index >= 15 is 0 Å². The molecule has 1 heterocycles. The van der Waals surface area contributed by atoms with Crippen LogP contribution in [0.2, 0.25) is 0 Å². The van der Waals surface area contributed by atoms with Gasteiger partial charge < -0.3 is 4.74 Å². The Bertz CT molecular complexity index is 612. The van der Waals surface area contributed by atoms with Crippen molar-refractivity contribution in [3.8, 4) is 5.75 Å². The van der Waals surface area contributed by atoms with Gasteiger partial charge in [-0.1, -0.05) is 18.2 Å². The number of sulfonamides is 1. The molecule has 1 aromatic heterocycles. The molecule has 0 atom stereocenters. The summed E-state index contributed by atoms with van der Waals surface area (Å²) in [5.74, 6) is 0.456. The second-order valence-electron chi connectivity index (χ2n) is 3.37. The fraction of sp³-hybridized carbons (Fsp3) is 0.0909. The van der Waals surface area contributed by atoms with Crippen molar-refractivity contribution in [3.05, 3.63) is 42.7 Å². The van der Waals surface area contributed by atoms with E-state index in [0.29, 0.717) is 5.75 Å². The Labute approximate surface area is 105 Å². The van der Waals surface area contributed by atoms with Crippen LogP contribution in [0.5, 0.6) is 5.75 Å². The molecule has 0 bridgehead atoms. The third kappa shape index (κ3) is 2.75. The van der Waals surface area contributed by atoms with E-state index < -0.39 is 10.0 Å². The molecule has 0 unspecified atom stereocenters. The molecule has 0 spiro atoms. The first-order valence-electron chi connectivity index (χ1n) is 5.06. The zero-order valence-electron chi connectivity index (χ0n) is 9.57.